The van der Waals surface area contributed by atoms with Crippen LogP contribution in [0, 0.1) is 6.92 Å². The number of nitrogens with zero attached hydrogens (tertiary/aromatic N) is 4. The molecule has 1 saturated heterocycles. The van der Waals surface area contributed by atoms with Crippen molar-refractivity contribution in [2.75, 3.05) is 31.1 Å². The first kappa shape index (κ1) is 19.2. The number of pyridine rings is 2. The summed E-state index contributed by atoms with van der Waals surface area (Å²) in [5.74, 6) is 0.0656. The average molecular weight is 409 g/mol. The molecule has 1 aliphatic heterocycles. The molecule has 0 N–H and O–H groups in total. The lowest BCUT2D eigenvalue weighted by atomic mass is 10.0. The minimum absolute atomic E-state index is 0.0656. The van der Waals surface area contributed by atoms with E-state index in [0.29, 0.717) is 18.7 Å². The van der Waals surface area contributed by atoms with Gasteiger partial charge in [-0.25, -0.2) is 4.98 Å². The number of anilines is 1. The van der Waals surface area contributed by atoms with Gasteiger partial charge in [0, 0.05) is 55.2 Å². The van der Waals surface area contributed by atoms with Gasteiger partial charge in [-0.1, -0.05) is 29.8 Å². The quantitative estimate of drug-likeness (QED) is 0.498. The van der Waals surface area contributed by atoms with E-state index in [4.69, 9.17) is 4.98 Å². The zero-order valence-corrected chi connectivity index (χ0v) is 17.5. The van der Waals surface area contributed by atoms with Crippen molar-refractivity contribution in [3.05, 3.63) is 90.3 Å². The summed E-state index contributed by atoms with van der Waals surface area (Å²) in [4.78, 5) is 26.9. The molecule has 1 aliphatic rings. The van der Waals surface area contributed by atoms with E-state index in [-0.39, 0.29) is 5.91 Å². The lowest BCUT2D eigenvalue weighted by Gasteiger charge is -2.36. The molecule has 154 valence electrons. The Labute approximate surface area is 182 Å². The molecule has 5 rings (SSSR count). The molecule has 0 spiro atoms. The van der Waals surface area contributed by atoms with Crippen LogP contribution in [0.3, 0.4) is 0 Å². The summed E-state index contributed by atoms with van der Waals surface area (Å²) < 4.78 is 0. The normalized spacial score (nSPS) is 14.1. The number of piperazine rings is 1. The first-order valence-corrected chi connectivity index (χ1v) is 10.6. The lowest BCUT2D eigenvalue weighted by Crippen LogP contribution is -2.48. The molecular weight excluding hydrogens is 384 g/mol. The van der Waals surface area contributed by atoms with Crippen molar-refractivity contribution < 1.29 is 4.79 Å². The molecule has 0 saturated carbocycles. The fraction of sp³-hybridized carbons (Fsp3) is 0.192. The van der Waals surface area contributed by atoms with Gasteiger partial charge in [-0.2, -0.15) is 0 Å². The molecule has 2 aromatic carbocycles. The van der Waals surface area contributed by atoms with Crippen molar-refractivity contribution in [1.82, 2.24) is 14.9 Å². The summed E-state index contributed by atoms with van der Waals surface area (Å²) in [7, 11) is 0. The first-order valence-electron chi connectivity index (χ1n) is 10.6. The van der Waals surface area contributed by atoms with Crippen LogP contribution in [0.1, 0.15) is 15.9 Å². The van der Waals surface area contributed by atoms with E-state index in [2.05, 4.69) is 40.2 Å². The molecule has 1 fully saturated rings. The Morgan fingerprint density at radius 1 is 0.903 bits per heavy atom. The standard InChI is InChI=1S/C26H24N4O/c1-19-9-10-24-22(16-19)23(17-25(28-24)20-6-5-11-27-18-20)26(31)30-14-12-29(13-15-30)21-7-3-2-4-8-21/h2-11,16-18H,12-15H2,1H3. The van der Waals surface area contributed by atoms with Crippen LogP contribution in [-0.4, -0.2) is 47.0 Å². The van der Waals surface area contributed by atoms with Gasteiger partial charge in [0.2, 0.25) is 0 Å². The van der Waals surface area contributed by atoms with Gasteiger partial charge in [0.1, 0.15) is 0 Å². The van der Waals surface area contributed by atoms with Crippen molar-refractivity contribution in [2.45, 2.75) is 6.92 Å². The molecule has 5 heteroatoms. The Morgan fingerprint density at radius 2 is 1.71 bits per heavy atom. The summed E-state index contributed by atoms with van der Waals surface area (Å²) in [6.45, 7) is 5.10. The number of amides is 1. The van der Waals surface area contributed by atoms with E-state index in [1.165, 1.54) is 5.69 Å². The van der Waals surface area contributed by atoms with Crippen molar-refractivity contribution in [2.24, 2.45) is 0 Å². The Kier molecular flexibility index (Phi) is 5.08. The van der Waals surface area contributed by atoms with Crippen LogP contribution < -0.4 is 4.90 Å². The fourth-order valence-corrected chi connectivity index (χ4v) is 4.16. The number of benzene rings is 2. The number of rotatable bonds is 3. The number of hydrogen-bond donors (Lipinski definition) is 0. The predicted octanol–water partition coefficient (Wildman–Crippen LogP) is 4.57. The van der Waals surface area contributed by atoms with E-state index in [0.717, 1.165) is 40.8 Å². The first-order chi connectivity index (χ1) is 15.2. The number of hydrogen-bond acceptors (Lipinski definition) is 4. The van der Waals surface area contributed by atoms with Crippen LogP contribution in [0.25, 0.3) is 22.2 Å². The number of carbonyl (C=O) groups is 1. The molecule has 1 amide bonds. The molecule has 5 nitrogen and oxygen atoms in total. The van der Waals surface area contributed by atoms with Gasteiger partial charge in [0.15, 0.2) is 0 Å². The highest BCUT2D eigenvalue weighted by Crippen LogP contribution is 2.27. The maximum Gasteiger partial charge on any atom is 0.254 e. The zero-order chi connectivity index (χ0) is 21.2. The summed E-state index contributed by atoms with van der Waals surface area (Å²) >= 11 is 0. The highest BCUT2D eigenvalue weighted by Gasteiger charge is 2.24. The van der Waals surface area contributed by atoms with Crippen LogP contribution in [-0.2, 0) is 0 Å². The van der Waals surface area contributed by atoms with Gasteiger partial charge >= 0.3 is 0 Å². The molecule has 0 aliphatic carbocycles. The van der Waals surface area contributed by atoms with Crippen LogP contribution in [0.2, 0.25) is 0 Å². The fourth-order valence-electron chi connectivity index (χ4n) is 4.16. The molecule has 0 radical (unpaired) electrons. The van der Waals surface area contributed by atoms with Gasteiger partial charge < -0.3 is 9.80 Å². The molecular formula is C26H24N4O. The molecule has 3 heterocycles. The maximum atomic E-state index is 13.6. The lowest BCUT2D eigenvalue weighted by molar-refractivity contribution is 0.0748. The van der Waals surface area contributed by atoms with Crippen LogP contribution >= 0.6 is 0 Å². The monoisotopic (exact) mass is 408 g/mol. The second-order valence-corrected chi connectivity index (χ2v) is 7.93. The van der Waals surface area contributed by atoms with Gasteiger partial charge in [-0.3, -0.25) is 9.78 Å². The third-order valence-electron chi connectivity index (χ3n) is 5.84. The maximum absolute atomic E-state index is 13.6. The van der Waals surface area contributed by atoms with Crippen molar-refractivity contribution in [1.29, 1.82) is 0 Å². The number of aryl methyl sites for hydroxylation is 1. The largest absolute Gasteiger partial charge is 0.368 e. The zero-order valence-electron chi connectivity index (χ0n) is 17.5. The number of aromatic nitrogens is 2. The van der Waals surface area contributed by atoms with Crippen LogP contribution in [0.5, 0.6) is 0 Å². The topological polar surface area (TPSA) is 49.3 Å². The molecule has 0 bridgehead atoms. The van der Waals surface area contributed by atoms with Gasteiger partial charge in [0.25, 0.3) is 5.91 Å². The summed E-state index contributed by atoms with van der Waals surface area (Å²) in [6, 6.07) is 22.3. The van der Waals surface area contributed by atoms with Crippen molar-refractivity contribution in [3.63, 3.8) is 0 Å². The summed E-state index contributed by atoms with van der Waals surface area (Å²) in [5.41, 5.74) is 5.55. The van der Waals surface area contributed by atoms with E-state index in [1.807, 2.05) is 48.2 Å². The number of carbonyl (C=O) groups excluding carboxylic acids is 1. The van der Waals surface area contributed by atoms with E-state index in [9.17, 15) is 4.79 Å². The Balaban J connectivity index is 1.47. The third-order valence-corrected chi connectivity index (χ3v) is 5.84. The molecule has 31 heavy (non-hydrogen) atoms. The van der Waals surface area contributed by atoms with Crippen molar-refractivity contribution >= 4 is 22.5 Å². The smallest absolute Gasteiger partial charge is 0.254 e. The van der Waals surface area contributed by atoms with Gasteiger partial charge in [-0.05, 0) is 49.4 Å². The highest BCUT2D eigenvalue weighted by molar-refractivity contribution is 6.07. The number of para-hydroxylation sites is 1. The van der Waals surface area contributed by atoms with E-state index in [1.54, 1.807) is 12.4 Å². The van der Waals surface area contributed by atoms with E-state index < -0.39 is 0 Å². The van der Waals surface area contributed by atoms with Gasteiger partial charge in [0.05, 0.1) is 16.8 Å². The Hall–Kier alpha value is -3.73. The minimum Gasteiger partial charge on any atom is -0.368 e. The van der Waals surface area contributed by atoms with Gasteiger partial charge in [-0.15, -0.1) is 0 Å². The van der Waals surface area contributed by atoms with Crippen molar-refractivity contribution in [3.8, 4) is 11.3 Å². The minimum atomic E-state index is 0.0656. The van der Waals surface area contributed by atoms with E-state index >= 15 is 0 Å². The Bertz CT molecular complexity index is 1220. The van der Waals surface area contributed by atoms with Crippen LogP contribution in [0.15, 0.2) is 79.1 Å². The molecule has 0 unspecified atom stereocenters. The second-order valence-electron chi connectivity index (χ2n) is 7.93. The highest BCUT2D eigenvalue weighted by atomic mass is 16.2. The third kappa shape index (κ3) is 3.87. The SMILES string of the molecule is Cc1ccc2nc(-c3cccnc3)cc(C(=O)N3CCN(c4ccccc4)CC3)c2c1. The average Bonchev–Trinajstić information content (AvgIpc) is 2.84. The molecule has 2 aromatic heterocycles. The molecule has 0 atom stereocenters. The second kappa shape index (κ2) is 8.19. The number of fused-ring (bicyclic) bond motifs is 1. The predicted molar refractivity (Wildman–Crippen MR) is 124 cm³/mol. The Morgan fingerprint density at radius 3 is 2.45 bits per heavy atom. The summed E-state index contributed by atoms with van der Waals surface area (Å²) in [5, 5.41) is 0.906. The summed E-state index contributed by atoms with van der Waals surface area (Å²) in [6.07, 6.45) is 3.53. The molecule has 4 aromatic rings. The van der Waals surface area contributed by atoms with Crippen LogP contribution in [0.4, 0.5) is 5.69 Å².